The van der Waals surface area contributed by atoms with E-state index in [4.69, 9.17) is 4.42 Å². The number of benzene rings is 2. The van der Waals surface area contributed by atoms with E-state index in [-0.39, 0.29) is 5.91 Å². The quantitative estimate of drug-likeness (QED) is 0.401. The van der Waals surface area contributed by atoms with Gasteiger partial charge in [0.25, 0.3) is 5.91 Å². The number of oxazole rings is 1. The molecule has 1 saturated heterocycles. The molecule has 2 aromatic heterocycles. The van der Waals surface area contributed by atoms with E-state index < -0.39 is 0 Å². The van der Waals surface area contributed by atoms with Crippen LogP contribution in [0.2, 0.25) is 0 Å². The number of H-pyrrole nitrogens is 1. The van der Waals surface area contributed by atoms with Crippen LogP contribution in [0.3, 0.4) is 0 Å². The first kappa shape index (κ1) is 24.3. The minimum atomic E-state index is -0.0437. The minimum Gasteiger partial charge on any atom is -0.447 e. The number of carbonyl (C=O) groups is 1. The molecule has 0 unspecified atom stereocenters. The third-order valence-electron chi connectivity index (χ3n) is 7.18. The molecule has 7 nitrogen and oxygen atoms in total. The number of nitrogens with zero attached hydrogens (tertiary/aromatic N) is 4. The Hall–Kier alpha value is -3.42. The number of hydrogen-bond donors (Lipinski definition) is 1. The van der Waals surface area contributed by atoms with E-state index in [1.54, 1.807) is 0 Å². The van der Waals surface area contributed by atoms with Crippen molar-refractivity contribution in [2.45, 2.75) is 33.4 Å². The molecule has 0 saturated carbocycles. The molecule has 36 heavy (non-hydrogen) atoms. The maximum absolute atomic E-state index is 12.9. The van der Waals surface area contributed by atoms with E-state index in [1.807, 2.05) is 4.90 Å². The molecule has 3 heterocycles. The third-order valence-corrected chi connectivity index (χ3v) is 7.18. The van der Waals surface area contributed by atoms with Gasteiger partial charge in [0.2, 0.25) is 5.89 Å². The number of rotatable bonds is 8. The Morgan fingerprint density at radius 1 is 1.06 bits per heavy atom. The van der Waals surface area contributed by atoms with Crippen LogP contribution in [0.15, 0.2) is 59.3 Å². The van der Waals surface area contributed by atoms with E-state index in [2.05, 4.69) is 89.3 Å². The summed E-state index contributed by atoms with van der Waals surface area (Å²) in [7, 11) is 2.08. The van der Waals surface area contributed by atoms with Crippen LogP contribution < -0.4 is 0 Å². The summed E-state index contributed by atoms with van der Waals surface area (Å²) in [5.74, 6) is 0.536. The van der Waals surface area contributed by atoms with Crippen molar-refractivity contribution in [1.82, 2.24) is 24.7 Å². The smallest absolute Gasteiger partial charge is 0.275 e. The average Bonchev–Trinajstić information content (AvgIpc) is 3.51. The summed E-state index contributed by atoms with van der Waals surface area (Å²) in [6.07, 6.45) is 4.53. The molecule has 1 N–H and O–H groups in total. The zero-order valence-corrected chi connectivity index (χ0v) is 21.5. The first-order chi connectivity index (χ1) is 17.5. The molecule has 1 aliphatic heterocycles. The molecule has 0 atom stereocenters. The van der Waals surface area contributed by atoms with E-state index in [0.29, 0.717) is 18.1 Å². The van der Waals surface area contributed by atoms with Gasteiger partial charge in [0.15, 0.2) is 5.69 Å². The molecule has 1 aliphatic rings. The van der Waals surface area contributed by atoms with E-state index in [1.165, 1.54) is 33.9 Å². The maximum atomic E-state index is 12.9. The lowest BCUT2D eigenvalue weighted by molar-refractivity contribution is 0.0658. The molecule has 0 aliphatic carbocycles. The van der Waals surface area contributed by atoms with Crippen molar-refractivity contribution >= 4 is 16.8 Å². The highest BCUT2D eigenvalue weighted by molar-refractivity contribution is 5.92. The van der Waals surface area contributed by atoms with Crippen molar-refractivity contribution in [3.63, 3.8) is 0 Å². The number of fused-ring (bicyclic) bond motifs is 1. The van der Waals surface area contributed by atoms with Crippen LogP contribution in [0.1, 0.15) is 38.6 Å². The summed E-state index contributed by atoms with van der Waals surface area (Å²) >= 11 is 0. The van der Waals surface area contributed by atoms with Gasteiger partial charge in [0.1, 0.15) is 6.26 Å². The lowest BCUT2D eigenvalue weighted by Gasteiger charge is -2.31. The molecule has 7 heteroatoms. The van der Waals surface area contributed by atoms with Crippen molar-refractivity contribution in [2.24, 2.45) is 0 Å². The lowest BCUT2D eigenvalue weighted by Crippen LogP contribution is -2.47. The summed E-state index contributed by atoms with van der Waals surface area (Å²) in [4.78, 5) is 27.4. The highest BCUT2D eigenvalue weighted by Crippen LogP contribution is 2.21. The Bertz CT molecular complexity index is 1330. The highest BCUT2D eigenvalue weighted by atomic mass is 16.3. The van der Waals surface area contributed by atoms with Crippen LogP contribution in [0.4, 0.5) is 0 Å². The van der Waals surface area contributed by atoms with E-state index >= 15 is 0 Å². The van der Waals surface area contributed by atoms with Crippen molar-refractivity contribution in [3.05, 3.63) is 88.8 Å². The number of aromatic amines is 1. The first-order valence-electron chi connectivity index (χ1n) is 12.7. The van der Waals surface area contributed by atoms with E-state index in [9.17, 15) is 4.79 Å². The largest absolute Gasteiger partial charge is 0.447 e. The van der Waals surface area contributed by atoms with Gasteiger partial charge in [0, 0.05) is 56.4 Å². The van der Waals surface area contributed by atoms with Crippen molar-refractivity contribution in [3.8, 4) is 0 Å². The third kappa shape index (κ3) is 5.53. The number of likely N-dealkylation sites (N-methyl/N-ethyl adjacent to an activating group) is 1. The van der Waals surface area contributed by atoms with Crippen LogP contribution in [0, 0.1) is 13.8 Å². The normalized spacial score (nSPS) is 14.7. The number of amides is 1. The van der Waals surface area contributed by atoms with Crippen molar-refractivity contribution < 1.29 is 9.21 Å². The molecule has 0 radical (unpaired) electrons. The number of hydrogen-bond acceptors (Lipinski definition) is 5. The van der Waals surface area contributed by atoms with Gasteiger partial charge in [0.05, 0.1) is 6.54 Å². The molecule has 5 rings (SSSR count). The van der Waals surface area contributed by atoms with E-state index in [0.717, 1.165) is 51.2 Å². The number of aryl methyl sites for hydroxylation is 2. The maximum Gasteiger partial charge on any atom is 0.275 e. The lowest BCUT2D eigenvalue weighted by atomic mass is 10.0. The predicted octanol–water partition coefficient (Wildman–Crippen LogP) is 4.41. The molecular formula is C29H35N5O2. The number of para-hydroxylation sites is 1. The fraction of sp³-hybridized carbons (Fsp3) is 0.379. The zero-order valence-electron chi connectivity index (χ0n) is 21.5. The Balaban J connectivity index is 1.31. The fourth-order valence-electron chi connectivity index (χ4n) is 4.94. The second-order valence-corrected chi connectivity index (χ2v) is 9.97. The molecule has 1 fully saturated rings. The van der Waals surface area contributed by atoms with Gasteiger partial charge in [-0.25, -0.2) is 4.98 Å². The summed E-state index contributed by atoms with van der Waals surface area (Å²) in [5, 5.41) is 1.26. The first-order valence-corrected chi connectivity index (χ1v) is 12.7. The Kier molecular flexibility index (Phi) is 7.20. The molecule has 4 aromatic rings. The SMILES string of the molecule is Cc1ccc(CN(CCc2c[nH]c3ccccc23)Cc2nc(C(=O)N3CCN(C)CC3)co2)c(C)c1. The highest BCUT2D eigenvalue weighted by Gasteiger charge is 2.23. The average molecular weight is 486 g/mol. The van der Waals surface area contributed by atoms with Gasteiger partial charge in [-0.15, -0.1) is 0 Å². The molecule has 0 bridgehead atoms. The van der Waals surface area contributed by atoms with Gasteiger partial charge in [-0.2, -0.15) is 0 Å². The number of nitrogens with one attached hydrogen (secondary N) is 1. The van der Waals surface area contributed by atoms with Gasteiger partial charge >= 0.3 is 0 Å². The van der Waals surface area contributed by atoms with Crippen LogP contribution in [0.25, 0.3) is 10.9 Å². The summed E-state index contributed by atoms with van der Waals surface area (Å²) in [6, 6.07) is 15.0. The monoisotopic (exact) mass is 485 g/mol. The van der Waals surface area contributed by atoms with Crippen LogP contribution >= 0.6 is 0 Å². The van der Waals surface area contributed by atoms with Gasteiger partial charge in [-0.3, -0.25) is 9.69 Å². The second kappa shape index (κ2) is 10.7. The number of aromatic nitrogens is 2. The van der Waals surface area contributed by atoms with Crippen LogP contribution in [0.5, 0.6) is 0 Å². The fourth-order valence-corrected chi connectivity index (χ4v) is 4.94. The van der Waals surface area contributed by atoms with Gasteiger partial charge < -0.3 is 19.2 Å². The van der Waals surface area contributed by atoms with Crippen LogP contribution in [-0.2, 0) is 19.5 Å². The summed E-state index contributed by atoms with van der Waals surface area (Å²) in [5.41, 5.74) is 6.70. The standard InChI is InChI=1S/C29H35N5O2/c1-21-8-9-24(22(2)16-21)18-33(11-10-23-17-30-26-7-5-4-6-25(23)26)19-28-31-27(20-36-28)29(35)34-14-12-32(3)13-15-34/h4-9,16-17,20,30H,10-15,18-19H2,1-3H3. The van der Waals surface area contributed by atoms with Gasteiger partial charge in [-0.1, -0.05) is 42.0 Å². The number of piperazine rings is 1. The summed E-state index contributed by atoms with van der Waals surface area (Å²) < 4.78 is 5.81. The Morgan fingerprint density at radius 3 is 2.67 bits per heavy atom. The summed E-state index contributed by atoms with van der Waals surface area (Å²) in [6.45, 7) is 9.68. The molecule has 1 amide bonds. The van der Waals surface area contributed by atoms with Crippen LogP contribution in [-0.4, -0.2) is 70.3 Å². The topological polar surface area (TPSA) is 68.6 Å². The molecule has 188 valence electrons. The molecule has 2 aromatic carbocycles. The Labute approximate surface area is 212 Å². The van der Waals surface area contributed by atoms with Gasteiger partial charge in [-0.05, 0) is 50.1 Å². The van der Waals surface area contributed by atoms with Crippen molar-refractivity contribution in [2.75, 3.05) is 39.8 Å². The molecule has 0 spiro atoms. The second-order valence-electron chi connectivity index (χ2n) is 9.97. The predicted molar refractivity (Wildman–Crippen MR) is 142 cm³/mol. The Morgan fingerprint density at radius 2 is 1.86 bits per heavy atom. The molecular weight excluding hydrogens is 450 g/mol. The number of carbonyl (C=O) groups excluding carboxylic acids is 1. The minimum absolute atomic E-state index is 0.0437. The zero-order chi connectivity index (χ0) is 25.1. The van der Waals surface area contributed by atoms with Crippen molar-refractivity contribution in [1.29, 1.82) is 0 Å².